The fraction of sp³-hybridized carbons (Fsp3) is 0.706. The Morgan fingerprint density at radius 3 is 2.50 bits per heavy atom. The van der Waals surface area contributed by atoms with Crippen LogP contribution in [-0.4, -0.2) is 39.2 Å². The Kier molecular flexibility index (Phi) is 4.92. The summed E-state index contributed by atoms with van der Waals surface area (Å²) in [5, 5.41) is 10.0. The van der Waals surface area contributed by atoms with Crippen molar-refractivity contribution in [2.75, 3.05) is 11.9 Å². The van der Waals surface area contributed by atoms with Crippen LogP contribution in [0.2, 0.25) is 0 Å². The zero-order chi connectivity index (χ0) is 18.1. The van der Waals surface area contributed by atoms with Crippen molar-refractivity contribution in [3.05, 3.63) is 11.3 Å². The Morgan fingerprint density at radius 2 is 1.92 bits per heavy atom. The second kappa shape index (κ2) is 6.45. The van der Waals surface area contributed by atoms with Crippen molar-refractivity contribution in [2.45, 2.75) is 66.5 Å². The van der Waals surface area contributed by atoms with Gasteiger partial charge in [0, 0.05) is 30.6 Å². The molecule has 7 heteroatoms. The van der Waals surface area contributed by atoms with Crippen molar-refractivity contribution in [3.8, 4) is 0 Å². The van der Waals surface area contributed by atoms with Crippen LogP contribution in [0.4, 0.5) is 10.6 Å². The number of anilines is 1. The molecule has 0 bridgehead atoms. The predicted octanol–water partition coefficient (Wildman–Crippen LogP) is 3.08. The van der Waals surface area contributed by atoms with Crippen LogP contribution < -0.4 is 5.32 Å². The minimum absolute atomic E-state index is 0.0776. The zero-order valence-electron chi connectivity index (χ0n) is 15.4. The number of ether oxygens (including phenoxy) is 1. The average Bonchev–Trinajstić information content (AvgIpc) is 2.77. The van der Waals surface area contributed by atoms with Gasteiger partial charge in [0.2, 0.25) is 5.91 Å². The van der Waals surface area contributed by atoms with Gasteiger partial charge in [-0.15, -0.1) is 0 Å². The summed E-state index contributed by atoms with van der Waals surface area (Å²) in [4.78, 5) is 26.0. The third-order valence-corrected chi connectivity index (χ3v) is 3.53. The van der Waals surface area contributed by atoms with Crippen LogP contribution in [0, 0.1) is 5.41 Å². The first-order valence-electron chi connectivity index (χ1n) is 8.28. The van der Waals surface area contributed by atoms with Crippen molar-refractivity contribution in [1.29, 1.82) is 0 Å². The summed E-state index contributed by atoms with van der Waals surface area (Å²) >= 11 is 0. The van der Waals surface area contributed by atoms with Crippen molar-refractivity contribution in [3.63, 3.8) is 0 Å². The Hall–Kier alpha value is -2.05. The quantitative estimate of drug-likeness (QED) is 0.869. The van der Waals surface area contributed by atoms with E-state index in [4.69, 9.17) is 4.74 Å². The number of aromatic nitrogens is 2. The normalized spacial score (nSPS) is 15.0. The molecule has 2 amide bonds. The molecule has 0 unspecified atom stereocenters. The van der Waals surface area contributed by atoms with Crippen LogP contribution in [-0.2, 0) is 22.5 Å². The number of amides is 2. The fourth-order valence-corrected chi connectivity index (χ4v) is 2.54. The molecule has 1 aromatic heterocycles. The van der Waals surface area contributed by atoms with Crippen molar-refractivity contribution in [1.82, 2.24) is 15.1 Å². The number of H-pyrrole nitrogens is 1. The third kappa shape index (κ3) is 4.97. The summed E-state index contributed by atoms with van der Waals surface area (Å²) in [5.74, 6) is 0.429. The van der Waals surface area contributed by atoms with Crippen LogP contribution >= 0.6 is 0 Å². The Labute approximate surface area is 143 Å². The molecule has 2 heterocycles. The highest BCUT2D eigenvalue weighted by Gasteiger charge is 2.29. The fourth-order valence-electron chi connectivity index (χ4n) is 2.54. The lowest BCUT2D eigenvalue weighted by Crippen LogP contribution is -2.40. The molecular formula is C17H28N4O3. The molecule has 134 valence electrons. The van der Waals surface area contributed by atoms with Gasteiger partial charge >= 0.3 is 6.09 Å². The molecule has 0 aliphatic carbocycles. The number of rotatable bonds is 2. The van der Waals surface area contributed by atoms with Gasteiger partial charge in [-0.2, -0.15) is 5.10 Å². The van der Waals surface area contributed by atoms with E-state index >= 15 is 0 Å². The summed E-state index contributed by atoms with van der Waals surface area (Å²) in [7, 11) is 0. The number of nitrogens with zero attached hydrogens (tertiary/aromatic N) is 2. The van der Waals surface area contributed by atoms with Gasteiger partial charge in [-0.1, -0.05) is 20.8 Å². The molecule has 0 saturated carbocycles. The smallest absolute Gasteiger partial charge is 0.410 e. The molecular weight excluding hydrogens is 308 g/mol. The highest BCUT2D eigenvalue weighted by molar-refractivity contribution is 5.91. The SMILES string of the molecule is CC(C)(C)CC(=O)Nc1n[nH]c2c1CN(C(=O)OC(C)(C)C)CC2. The molecule has 0 spiro atoms. The largest absolute Gasteiger partial charge is 0.444 e. The summed E-state index contributed by atoms with van der Waals surface area (Å²) in [6, 6.07) is 0. The van der Waals surface area contributed by atoms with Crippen molar-refractivity contribution < 1.29 is 14.3 Å². The van der Waals surface area contributed by atoms with E-state index in [9.17, 15) is 9.59 Å². The van der Waals surface area contributed by atoms with Crippen LogP contribution in [0.25, 0.3) is 0 Å². The van der Waals surface area contributed by atoms with E-state index in [1.807, 2.05) is 41.5 Å². The molecule has 1 aromatic rings. The van der Waals surface area contributed by atoms with Gasteiger partial charge in [-0.3, -0.25) is 9.89 Å². The maximum Gasteiger partial charge on any atom is 0.410 e. The number of carbonyl (C=O) groups excluding carboxylic acids is 2. The topological polar surface area (TPSA) is 87.3 Å². The molecule has 7 nitrogen and oxygen atoms in total. The van der Waals surface area contributed by atoms with Crippen molar-refractivity contribution in [2.24, 2.45) is 5.41 Å². The molecule has 2 rings (SSSR count). The highest BCUT2D eigenvalue weighted by Crippen LogP contribution is 2.26. The van der Waals surface area contributed by atoms with E-state index in [1.165, 1.54) is 0 Å². The number of nitrogens with one attached hydrogen (secondary N) is 2. The predicted molar refractivity (Wildman–Crippen MR) is 91.6 cm³/mol. The second-order valence-electron chi connectivity index (χ2n) is 8.47. The van der Waals surface area contributed by atoms with Gasteiger partial charge < -0.3 is 15.0 Å². The molecule has 1 aliphatic heterocycles. The van der Waals surface area contributed by atoms with Crippen LogP contribution in [0.1, 0.15) is 59.2 Å². The summed E-state index contributed by atoms with van der Waals surface area (Å²) in [6.07, 6.45) is 0.725. The van der Waals surface area contributed by atoms with Gasteiger partial charge in [0.15, 0.2) is 5.82 Å². The number of fused-ring (bicyclic) bond motifs is 1. The van der Waals surface area contributed by atoms with Crippen LogP contribution in [0.5, 0.6) is 0 Å². The molecule has 0 radical (unpaired) electrons. The first-order chi connectivity index (χ1) is 10.9. The van der Waals surface area contributed by atoms with Gasteiger partial charge in [0.05, 0.1) is 6.54 Å². The zero-order valence-corrected chi connectivity index (χ0v) is 15.4. The monoisotopic (exact) mass is 336 g/mol. The second-order valence-corrected chi connectivity index (χ2v) is 8.47. The molecule has 0 saturated heterocycles. The van der Waals surface area contributed by atoms with Crippen LogP contribution in [0.15, 0.2) is 0 Å². The van der Waals surface area contributed by atoms with Gasteiger partial charge in [-0.05, 0) is 26.2 Å². The van der Waals surface area contributed by atoms with Crippen LogP contribution in [0.3, 0.4) is 0 Å². The maximum absolute atomic E-state index is 12.3. The number of carbonyl (C=O) groups is 2. The average molecular weight is 336 g/mol. The Morgan fingerprint density at radius 1 is 1.25 bits per heavy atom. The summed E-state index contributed by atoms with van der Waals surface area (Å²) in [6.45, 7) is 12.5. The number of hydrogen-bond acceptors (Lipinski definition) is 4. The number of hydrogen-bond donors (Lipinski definition) is 2. The van der Waals surface area contributed by atoms with E-state index in [0.29, 0.717) is 31.7 Å². The lowest BCUT2D eigenvalue weighted by molar-refractivity contribution is -0.117. The number of aromatic amines is 1. The maximum atomic E-state index is 12.3. The minimum Gasteiger partial charge on any atom is -0.444 e. The molecule has 1 aliphatic rings. The standard InChI is InChI=1S/C17H28N4O3/c1-16(2,3)9-13(22)18-14-11-10-21(8-7-12(11)19-20-14)15(23)24-17(4,5)6/h7-10H2,1-6H3,(H2,18,19,20,22). The summed E-state index contributed by atoms with van der Waals surface area (Å²) in [5.41, 5.74) is 1.19. The lowest BCUT2D eigenvalue weighted by atomic mass is 9.92. The van der Waals surface area contributed by atoms with E-state index in [1.54, 1.807) is 4.90 Å². The van der Waals surface area contributed by atoms with E-state index in [-0.39, 0.29) is 17.4 Å². The minimum atomic E-state index is -0.530. The molecule has 2 N–H and O–H groups in total. The van der Waals surface area contributed by atoms with Gasteiger partial charge in [0.1, 0.15) is 5.60 Å². The first kappa shape index (κ1) is 18.3. The Bertz CT molecular complexity index is 623. The van der Waals surface area contributed by atoms with Crippen molar-refractivity contribution >= 4 is 17.8 Å². The highest BCUT2D eigenvalue weighted by atomic mass is 16.6. The Balaban J connectivity index is 2.07. The molecule has 24 heavy (non-hydrogen) atoms. The van der Waals surface area contributed by atoms with Gasteiger partial charge in [-0.25, -0.2) is 4.79 Å². The van der Waals surface area contributed by atoms with E-state index in [2.05, 4.69) is 15.5 Å². The van der Waals surface area contributed by atoms with Gasteiger partial charge in [0.25, 0.3) is 0 Å². The van der Waals surface area contributed by atoms with E-state index in [0.717, 1.165) is 11.3 Å². The summed E-state index contributed by atoms with van der Waals surface area (Å²) < 4.78 is 5.42. The third-order valence-electron chi connectivity index (χ3n) is 3.53. The molecule has 0 fully saturated rings. The first-order valence-corrected chi connectivity index (χ1v) is 8.28. The molecule has 0 atom stereocenters. The molecule has 0 aromatic carbocycles. The van der Waals surface area contributed by atoms with E-state index < -0.39 is 5.60 Å². The lowest BCUT2D eigenvalue weighted by Gasteiger charge is -2.30.